The van der Waals surface area contributed by atoms with Crippen LogP contribution in [0.2, 0.25) is 0 Å². The number of nitrogens with one attached hydrogen (secondary N) is 1. The van der Waals surface area contributed by atoms with Gasteiger partial charge in [-0.15, -0.1) is 0 Å². The first-order valence-electron chi connectivity index (χ1n) is 7.34. The number of H-pyrrole nitrogens is 1. The number of fused-ring (bicyclic) bond motifs is 2. The van der Waals surface area contributed by atoms with E-state index in [1.165, 1.54) is 0 Å². The SMILES string of the molecule is CC(C)Cc1ncc2c(-c3ccn4nccc4n3)c[nH]c2n1. The highest BCUT2D eigenvalue weighted by Crippen LogP contribution is 2.26. The Labute approximate surface area is 127 Å². The van der Waals surface area contributed by atoms with Crippen LogP contribution in [-0.4, -0.2) is 29.5 Å². The summed E-state index contributed by atoms with van der Waals surface area (Å²) < 4.78 is 1.75. The molecule has 0 radical (unpaired) electrons. The molecule has 0 aliphatic rings. The quantitative estimate of drug-likeness (QED) is 0.630. The van der Waals surface area contributed by atoms with Crippen molar-refractivity contribution < 1.29 is 0 Å². The Hall–Kier alpha value is -2.76. The molecule has 0 atom stereocenters. The predicted octanol–water partition coefficient (Wildman–Crippen LogP) is 2.87. The van der Waals surface area contributed by atoms with E-state index in [9.17, 15) is 0 Å². The van der Waals surface area contributed by atoms with E-state index in [0.29, 0.717) is 5.92 Å². The van der Waals surface area contributed by atoms with Gasteiger partial charge >= 0.3 is 0 Å². The largest absolute Gasteiger partial charge is 0.345 e. The van der Waals surface area contributed by atoms with Gasteiger partial charge < -0.3 is 4.98 Å². The summed E-state index contributed by atoms with van der Waals surface area (Å²) in [4.78, 5) is 16.9. The highest BCUT2D eigenvalue weighted by Gasteiger charge is 2.11. The molecule has 0 bridgehead atoms. The van der Waals surface area contributed by atoms with Gasteiger partial charge in [-0.05, 0) is 12.0 Å². The Balaban J connectivity index is 1.81. The van der Waals surface area contributed by atoms with Crippen molar-refractivity contribution in [3.8, 4) is 11.3 Å². The van der Waals surface area contributed by atoms with Crippen molar-refractivity contribution in [2.75, 3.05) is 0 Å². The molecule has 0 saturated heterocycles. The lowest BCUT2D eigenvalue weighted by Gasteiger charge is -2.03. The summed E-state index contributed by atoms with van der Waals surface area (Å²) in [5.41, 5.74) is 3.58. The van der Waals surface area contributed by atoms with Crippen molar-refractivity contribution in [1.29, 1.82) is 0 Å². The average molecular weight is 292 g/mol. The molecule has 4 heterocycles. The highest BCUT2D eigenvalue weighted by atomic mass is 15.2. The van der Waals surface area contributed by atoms with Gasteiger partial charge in [0.1, 0.15) is 11.5 Å². The zero-order valence-electron chi connectivity index (χ0n) is 12.5. The molecule has 6 heteroatoms. The van der Waals surface area contributed by atoms with Crippen LogP contribution in [0.15, 0.2) is 36.9 Å². The number of aromatic amines is 1. The van der Waals surface area contributed by atoms with Gasteiger partial charge in [0, 0.05) is 42.0 Å². The molecule has 0 aliphatic heterocycles. The van der Waals surface area contributed by atoms with E-state index in [1.54, 1.807) is 10.7 Å². The van der Waals surface area contributed by atoms with Crippen LogP contribution in [0.1, 0.15) is 19.7 Å². The third kappa shape index (κ3) is 2.13. The van der Waals surface area contributed by atoms with Gasteiger partial charge in [0.05, 0.1) is 11.9 Å². The van der Waals surface area contributed by atoms with Crippen molar-refractivity contribution in [2.45, 2.75) is 20.3 Å². The Kier molecular flexibility index (Phi) is 2.89. The Morgan fingerprint density at radius 2 is 2.14 bits per heavy atom. The molecule has 0 saturated carbocycles. The van der Waals surface area contributed by atoms with Crippen molar-refractivity contribution in [3.05, 3.63) is 42.7 Å². The van der Waals surface area contributed by atoms with E-state index >= 15 is 0 Å². The normalized spacial score (nSPS) is 11.8. The Morgan fingerprint density at radius 1 is 1.23 bits per heavy atom. The molecule has 22 heavy (non-hydrogen) atoms. The second-order valence-electron chi connectivity index (χ2n) is 5.80. The fourth-order valence-corrected chi connectivity index (χ4v) is 2.58. The van der Waals surface area contributed by atoms with Gasteiger partial charge in [-0.25, -0.2) is 19.5 Å². The first-order chi connectivity index (χ1) is 10.7. The van der Waals surface area contributed by atoms with Crippen LogP contribution in [0, 0.1) is 5.92 Å². The molecule has 0 aromatic carbocycles. The molecule has 0 fully saturated rings. The van der Waals surface area contributed by atoms with E-state index in [1.807, 2.05) is 30.7 Å². The van der Waals surface area contributed by atoms with Crippen molar-refractivity contribution >= 4 is 16.7 Å². The second-order valence-corrected chi connectivity index (χ2v) is 5.80. The first-order valence-corrected chi connectivity index (χ1v) is 7.34. The minimum atomic E-state index is 0.540. The van der Waals surface area contributed by atoms with Crippen LogP contribution in [0.3, 0.4) is 0 Å². The summed E-state index contributed by atoms with van der Waals surface area (Å²) in [6.45, 7) is 4.33. The average Bonchev–Trinajstić information content (AvgIpc) is 3.11. The predicted molar refractivity (Wildman–Crippen MR) is 84.4 cm³/mol. The molecule has 0 unspecified atom stereocenters. The molecule has 1 N–H and O–H groups in total. The summed E-state index contributed by atoms with van der Waals surface area (Å²) in [5.74, 6) is 1.41. The number of nitrogens with zero attached hydrogens (tertiary/aromatic N) is 5. The fourth-order valence-electron chi connectivity index (χ4n) is 2.58. The van der Waals surface area contributed by atoms with Gasteiger partial charge in [-0.2, -0.15) is 5.10 Å². The lowest BCUT2D eigenvalue weighted by molar-refractivity contribution is 0.622. The van der Waals surface area contributed by atoms with Gasteiger partial charge in [0.25, 0.3) is 0 Å². The molecule has 110 valence electrons. The Morgan fingerprint density at radius 3 is 3.00 bits per heavy atom. The van der Waals surface area contributed by atoms with Crippen LogP contribution in [0.25, 0.3) is 27.9 Å². The number of rotatable bonds is 3. The monoisotopic (exact) mass is 292 g/mol. The van der Waals surface area contributed by atoms with Gasteiger partial charge in [-0.3, -0.25) is 0 Å². The minimum Gasteiger partial charge on any atom is -0.345 e. The minimum absolute atomic E-state index is 0.540. The summed E-state index contributed by atoms with van der Waals surface area (Å²) in [6, 6.07) is 3.83. The van der Waals surface area contributed by atoms with E-state index in [4.69, 9.17) is 0 Å². The van der Waals surface area contributed by atoms with Crippen LogP contribution >= 0.6 is 0 Å². The number of hydrogen-bond donors (Lipinski definition) is 1. The maximum absolute atomic E-state index is 4.62. The van der Waals surface area contributed by atoms with Crippen molar-refractivity contribution in [1.82, 2.24) is 29.5 Å². The number of aromatic nitrogens is 6. The standard InChI is InChI=1S/C16H16N6/c1-10(2)7-14-17-9-12-11(8-18-16(12)21-14)13-4-6-22-15(20-13)3-5-19-22/h3-6,8-10H,7H2,1-2H3,(H,17,18,21). The van der Waals surface area contributed by atoms with Crippen LogP contribution in [0.5, 0.6) is 0 Å². The second kappa shape index (κ2) is 4.91. The van der Waals surface area contributed by atoms with Gasteiger partial charge in [-0.1, -0.05) is 13.8 Å². The molecule has 6 nitrogen and oxygen atoms in total. The lowest BCUT2D eigenvalue weighted by atomic mass is 10.1. The smallest absolute Gasteiger partial charge is 0.155 e. The van der Waals surface area contributed by atoms with Crippen LogP contribution in [0.4, 0.5) is 0 Å². The summed E-state index contributed by atoms with van der Waals surface area (Å²) in [5, 5.41) is 5.15. The lowest BCUT2D eigenvalue weighted by Crippen LogP contribution is -2.00. The fraction of sp³-hybridized carbons (Fsp3) is 0.250. The van der Waals surface area contributed by atoms with E-state index in [-0.39, 0.29) is 0 Å². The van der Waals surface area contributed by atoms with E-state index < -0.39 is 0 Å². The molecular weight excluding hydrogens is 276 g/mol. The maximum atomic E-state index is 4.62. The molecule has 4 rings (SSSR count). The molecule has 0 aliphatic carbocycles. The molecule has 4 aromatic heterocycles. The third-order valence-electron chi connectivity index (χ3n) is 3.61. The van der Waals surface area contributed by atoms with Gasteiger partial charge in [0.2, 0.25) is 0 Å². The van der Waals surface area contributed by atoms with E-state index in [0.717, 1.165) is 40.2 Å². The summed E-state index contributed by atoms with van der Waals surface area (Å²) in [7, 11) is 0. The summed E-state index contributed by atoms with van der Waals surface area (Å²) in [6.07, 6.45) is 8.35. The molecule has 0 spiro atoms. The van der Waals surface area contributed by atoms with Crippen LogP contribution in [-0.2, 0) is 6.42 Å². The molecule has 4 aromatic rings. The van der Waals surface area contributed by atoms with Crippen LogP contribution < -0.4 is 0 Å². The first kappa shape index (κ1) is 12.9. The maximum Gasteiger partial charge on any atom is 0.155 e. The topological polar surface area (TPSA) is 71.8 Å². The molecular formula is C16H16N6. The zero-order valence-corrected chi connectivity index (χ0v) is 12.5. The Bertz CT molecular complexity index is 950. The molecule has 0 amide bonds. The van der Waals surface area contributed by atoms with E-state index in [2.05, 4.69) is 38.9 Å². The van der Waals surface area contributed by atoms with Gasteiger partial charge in [0.15, 0.2) is 5.65 Å². The highest BCUT2D eigenvalue weighted by molar-refractivity contribution is 5.92. The zero-order chi connectivity index (χ0) is 15.1. The summed E-state index contributed by atoms with van der Waals surface area (Å²) >= 11 is 0. The third-order valence-corrected chi connectivity index (χ3v) is 3.61. The van der Waals surface area contributed by atoms with Crippen molar-refractivity contribution in [2.24, 2.45) is 5.92 Å². The number of hydrogen-bond acceptors (Lipinski definition) is 4. The van der Waals surface area contributed by atoms with Crippen molar-refractivity contribution in [3.63, 3.8) is 0 Å².